The number of nitrogens with one attached hydrogen (secondary N) is 8. The van der Waals surface area contributed by atoms with Gasteiger partial charge in [0.25, 0.3) is 0 Å². The molecule has 6 atom stereocenters. The number of guanidine groups is 1. The van der Waals surface area contributed by atoms with Crippen molar-refractivity contribution in [2.24, 2.45) is 34.0 Å². The topological polar surface area (TPSA) is 363 Å². The van der Waals surface area contributed by atoms with Crippen molar-refractivity contribution in [3.8, 4) is 0 Å². The Bertz CT molecular complexity index is 1710. The molecule has 1 rings (SSSR count). The standard InChI is InChI=1S/C49H91N13O9/c1-6-7-8-9-10-11-12-13-14-15-16-19-24-53-30-42(64)57-38(26-33(2)3)45(67)60-39(27-34(4)5)46(68)59-37(22-20-25-55-49(51)52)43(65)58-36(21-17-18-23-50)44(66)61-40(28-35-29-54-32-56-35)47(69)62-41(31-63)48(70)71/h29,32-34,36-41,53,63H,6-28,30-31,50H2,1-5H3,(H,54,56)(H,57,64)(H,58,65)(H,59,68)(H,60,67)(H,61,66)(H,62,69)(H,70,71)(H4,51,52,55)/t36-,37+,38+,39+,40+,41+/m1/s1. The second-order valence-electron chi connectivity index (χ2n) is 19.3. The summed E-state index contributed by atoms with van der Waals surface area (Å²) in [6.45, 7) is 10.0. The number of aliphatic carboxylic acids is 1. The van der Waals surface area contributed by atoms with E-state index in [0.29, 0.717) is 31.5 Å². The molecule has 0 fully saturated rings. The maximum Gasteiger partial charge on any atom is 0.328 e. The van der Waals surface area contributed by atoms with Gasteiger partial charge in [0.2, 0.25) is 35.4 Å². The van der Waals surface area contributed by atoms with Crippen LogP contribution in [-0.4, -0.2) is 137 Å². The van der Waals surface area contributed by atoms with Crippen LogP contribution < -0.4 is 54.4 Å². The van der Waals surface area contributed by atoms with Crippen molar-refractivity contribution in [1.29, 1.82) is 0 Å². The van der Waals surface area contributed by atoms with E-state index in [-0.39, 0.29) is 75.4 Å². The number of hydrogen-bond acceptors (Lipinski definition) is 12. The molecule has 6 amide bonds. The smallest absolute Gasteiger partial charge is 0.328 e. The highest BCUT2D eigenvalue weighted by molar-refractivity contribution is 5.97. The van der Waals surface area contributed by atoms with Crippen LogP contribution in [0.4, 0.5) is 0 Å². The van der Waals surface area contributed by atoms with Gasteiger partial charge < -0.3 is 69.6 Å². The average molecular weight is 1010 g/mol. The summed E-state index contributed by atoms with van der Waals surface area (Å²) in [5, 5.41) is 38.1. The van der Waals surface area contributed by atoms with Crippen LogP contribution in [0, 0.1) is 11.8 Å². The van der Waals surface area contributed by atoms with Crippen LogP contribution in [0.15, 0.2) is 17.5 Å². The van der Waals surface area contributed by atoms with Gasteiger partial charge in [0.1, 0.15) is 36.3 Å². The van der Waals surface area contributed by atoms with Gasteiger partial charge >= 0.3 is 5.97 Å². The third-order valence-electron chi connectivity index (χ3n) is 11.8. The number of carboxylic acids is 1. The average Bonchev–Trinajstić information content (AvgIpc) is 3.83. The molecule has 0 aromatic carbocycles. The Kier molecular flexibility index (Phi) is 34.4. The van der Waals surface area contributed by atoms with Gasteiger partial charge in [-0.05, 0) is 76.3 Å². The molecular weight excluding hydrogens is 915 g/mol. The zero-order valence-electron chi connectivity index (χ0n) is 43.3. The number of nitrogens with two attached hydrogens (primary N) is 3. The normalized spacial score (nSPS) is 13.8. The van der Waals surface area contributed by atoms with Crippen LogP contribution in [0.3, 0.4) is 0 Å². The number of nitrogens with zero attached hydrogens (tertiary/aromatic N) is 2. The first-order valence-electron chi connectivity index (χ1n) is 26.0. The molecule has 1 heterocycles. The summed E-state index contributed by atoms with van der Waals surface area (Å²) in [6.07, 6.45) is 19.1. The Balaban J connectivity index is 3.15. The van der Waals surface area contributed by atoms with Gasteiger partial charge in [0, 0.05) is 24.9 Å². The van der Waals surface area contributed by atoms with Crippen molar-refractivity contribution in [2.75, 3.05) is 32.8 Å². The van der Waals surface area contributed by atoms with Crippen molar-refractivity contribution in [3.63, 3.8) is 0 Å². The fraction of sp³-hybridized carbons (Fsp3) is 0.776. The summed E-state index contributed by atoms with van der Waals surface area (Å²) in [4.78, 5) is 105. The lowest BCUT2D eigenvalue weighted by atomic mass is 9.99. The zero-order chi connectivity index (χ0) is 53.0. The summed E-state index contributed by atoms with van der Waals surface area (Å²) in [6, 6.07) is -7.61. The van der Waals surface area contributed by atoms with Crippen LogP contribution in [0.5, 0.6) is 0 Å². The van der Waals surface area contributed by atoms with Crippen LogP contribution in [0.25, 0.3) is 0 Å². The Morgan fingerprint density at radius 2 is 1.08 bits per heavy atom. The van der Waals surface area contributed by atoms with E-state index in [9.17, 15) is 43.8 Å². The molecule has 0 radical (unpaired) electrons. The molecule has 16 N–H and O–H groups in total. The van der Waals surface area contributed by atoms with E-state index in [2.05, 4.69) is 59.1 Å². The molecule has 22 nitrogen and oxygen atoms in total. The van der Waals surface area contributed by atoms with Crippen LogP contribution in [0.1, 0.15) is 162 Å². The molecule has 0 aliphatic rings. The molecule has 71 heavy (non-hydrogen) atoms. The minimum atomic E-state index is -1.66. The first-order valence-corrected chi connectivity index (χ1v) is 26.0. The maximum absolute atomic E-state index is 14.2. The summed E-state index contributed by atoms with van der Waals surface area (Å²) in [5.74, 6) is -5.78. The van der Waals surface area contributed by atoms with E-state index in [1.165, 1.54) is 70.3 Å². The largest absolute Gasteiger partial charge is 0.480 e. The van der Waals surface area contributed by atoms with Crippen LogP contribution in [0.2, 0.25) is 0 Å². The minimum Gasteiger partial charge on any atom is -0.480 e. The summed E-state index contributed by atoms with van der Waals surface area (Å²) >= 11 is 0. The number of aromatic amines is 1. The second kappa shape index (κ2) is 38.3. The Morgan fingerprint density at radius 3 is 1.56 bits per heavy atom. The first kappa shape index (κ1) is 63.7. The van der Waals surface area contributed by atoms with Crippen LogP contribution in [-0.2, 0) is 40.0 Å². The van der Waals surface area contributed by atoms with E-state index in [1.54, 1.807) is 0 Å². The highest BCUT2D eigenvalue weighted by Crippen LogP contribution is 2.14. The summed E-state index contributed by atoms with van der Waals surface area (Å²) in [7, 11) is 0. The Labute approximate surface area is 421 Å². The van der Waals surface area contributed by atoms with Gasteiger partial charge in [-0.25, -0.2) is 9.78 Å². The van der Waals surface area contributed by atoms with E-state index >= 15 is 0 Å². The number of carbonyl (C=O) groups is 7. The quantitative estimate of drug-likeness (QED) is 0.0251. The number of aliphatic imine (C=N–C) groups is 1. The van der Waals surface area contributed by atoms with Crippen molar-refractivity contribution in [2.45, 2.75) is 199 Å². The molecule has 1 aromatic heterocycles. The predicted octanol–water partition coefficient (Wildman–Crippen LogP) is 1.50. The molecule has 0 bridgehead atoms. The number of aliphatic hydroxyl groups excluding tert-OH is 1. The van der Waals surface area contributed by atoms with Gasteiger partial charge in [-0.3, -0.25) is 33.8 Å². The maximum atomic E-state index is 14.2. The first-order chi connectivity index (χ1) is 33.9. The van der Waals surface area contributed by atoms with Gasteiger partial charge in [0.15, 0.2) is 5.96 Å². The van der Waals surface area contributed by atoms with Crippen molar-refractivity contribution < 1.29 is 43.8 Å². The lowest BCUT2D eigenvalue weighted by Gasteiger charge is -2.28. The molecule has 0 spiro atoms. The minimum absolute atomic E-state index is 0.00865. The number of amides is 6. The molecule has 0 aliphatic heterocycles. The van der Waals surface area contributed by atoms with Gasteiger partial charge in [-0.15, -0.1) is 0 Å². The van der Waals surface area contributed by atoms with Gasteiger partial charge in [0.05, 0.1) is 19.5 Å². The van der Waals surface area contributed by atoms with Crippen LogP contribution >= 0.6 is 0 Å². The number of H-pyrrole nitrogens is 1. The van der Waals surface area contributed by atoms with Crippen molar-refractivity contribution >= 4 is 47.4 Å². The third kappa shape index (κ3) is 30.2. The number of carbonyl (C=O) groups excluding carboxylic acids is 6. The molecular formula is C49H91N13O9. The number of carboxylic acid groups (broad SMARTS) is 1. The number of aliphatic hydroxyl groups is 1. The molecule has 0 saturated carbocycles. The summed E-state index contributed by atoms with van der Waals surface area (Å²) in [5.41, 5.74) is 17.2. The SMILES string of the molecule is CCCCCCCCCCCCCCNCC(=O)N[C@@H](CC(C)C)C(=O)N[C@@H](CC(C)C)C(=O)N[C@@H](CCCN=C(N)N)C(=O)N[C@H](CCCCN)C(=O)N[C@@H](Cc1cnc[nH]1)C(=O)N[C@@H](CO)C(=O)O. The zero-order valence-corrected chi connectivity index (χ0v) is 43.3. The highest BCUT2D eigenvalue weighted by Gasteiger charge is 2.34. The molecule has 1 aromatic rings. The number of aromatic nitrogens is 2. The fourth-order valence-corrected chi connectivity index (χ4v) is 7.85. The molecule has 406 valence electrons. The highest BCUT2D eigenvalue weighted by atomic mass is 16.4. The number of rotatable bonds is 42. The number of unbranched alkanes of at least 4 members (excludes halogenated alkanes) is 12. The molecule has 0 aliphatic carbocycles. The van der Waals surface area contributed by atoms with E-state index in [0.717, 1.165) is 19.3 Å². The monoisotopic (exact) mass is 1010 g/mol. The Hall–Kier alpha value is -5.35. The molecule has 22 heteroatoms. The van der Waals surface area contributed by atoms with E-state index in [4.69, 9.17) is 17.2 Å². The second-order valence-corrected chi connectivity index (χ2v) is 19.3. The lowest BCUT2D eigenvalue weighted by Crippen LogP contribution is -2.60. The Morgan fingerprint density at radius 1 is 0.620 bits per heavy atom. The van der Waals surface area contributed by atoms with Crippen molar-refractivity contribution in [1.82, 2.24) is 47.2 Å². The molecule has 0 saturated heterocycles. The number of hydrogen-bond donors (Lipinski definition) is 13. The number of imidazole rings is 1. The predicted molar refractivity (Wildman–Crippen MR) is 274 cm³/mol. The third-order valence-corrected chi connectivity index (χ3v) is 11.8. The van der Waals surface area contributed by atoms with E-state index < -0.39 is 78.4 Å². The fourth-order valence-electron chi connectivity index (χ4n) is 7.85. The van der Waals surface area contributed by atoms with E-state index in [1.807, 2.05) is 27.7 Å². The van der Waals surface area contributed by atoms with Gasteiger partial charge in [-0.1, -0.05) is 105 Å². The molecule has 0 unspecified atom stereocenters. The lowest BCUT2D eigenvalue weighted by molar-refractivity contribution is -0.143. The van der Waals surface area contributed by atoms with Crippen molar-refractivity contribution in [3.05, 3.63) is 18.2 Å². The summed E-state index contributed by atoms with van der Waals surface area (Å²) < 4.78 is 0. The van der Waals surface area contributed by atoms with Gasteiger partial charge in [-0.2, -0.15) is 0 Å².